The number of rotatable bonds is 5. The lowest BCUT2D eigenvalue weighted by molar-refractivity contribution is -0.120. The van der Waals surface area contributed by atoms with E-state index in [-0.39, 0.29) is 11.9 Å². The van der Waals surface area contributed by atoms with Crippen LogP contribution in [0.25, 0.3) is 0 Å². The van der Waals surface area contributed by atoms with Gasteiger partial charge in [-0.15, -0.1) is 0 Å². The van der Waals surface area contributed by atoms with E-state index < -0.39 is 0 Å². The third kappa shape index (κ3) is 4.94. The van der Waals surface area contributed by atoms with Gasteiger partial charge in [-0.3, -0.25) is 14.6 Å². The molecule has 0 aromatic rings. The molecule has 1 unspecified atom stereocenters. The summed E-state index contributed by atoms with van der Waals surface area (Å²) in [5, 5.41) is 3.07. The summed E-state index contributed by atoms with van der Waals surface area (Å²) in [7, 11) is 0. The van der Waals surface area contributed by atoms with E-state index in [0.717, 1.165) is 32.7 Å². The number of hydrogen-bond donors (Lipinski definition) is 1. The second kappa shape index (κ2) is 7.10. The molecule has 1 atom stereocenters. The van der Waals surface area contributed by atoms with E-state index in [4.69, 9.17) is 0 Å². The van der Waals surface area contributed by atoms with Crippen LogP contribution in [0.2, 0.25) is 0 Å². The molecule has 1 amide bonds. The zero-order valence-corrected chi connectivity index (χ0v) is 12.6. The van der Waals surface area contributed by atoms with E-state index in [1.54, 1.807) is 6.92 Å². The van der Waals surface area contributed by atoms with Crippen LogP contribution >= 0.6 is 0 Å². The first-order valence-electron chi connectivity index (χ1n) is 7.13. The fourth-order valence-corrected chi connectivity index (χ4v) is 2.42. The van der Waals surface area contributed by atoms with E-state index in [0.29, 0.717) is 12.0 Å². The summed E-state index contributed by atoms with van der Waals surface area (Å²) in [4.78, 5) is 16.2. The Morgan fingerprint density at radius 1 is 1.11 bits per heavy atom. The van der Waals surface area contributed by atoms with Crippen LogP contribution in [-0.2, 0) is 4.79 Å². The summed E-state index contributed by atoms with van der Waals surface area (Å²) >= 11 is 0. The second-order valence-electron chi connectivity index (χ2n) is 5.98. The van der Waals surface area contributed by atoms with Crippen LogP contribution in [-0.4, -0.2) is 60.5 Å². The first kappa shape index (κ1) is 15.4. The quantitative estimate of drug-likeness (QED) is 0.801. The number of carbonyl (C=O) groups is 1. The Hall–Kier alpha value is -0.610. The normalized spacial score (nSPS) is 20.4. The number of piperazine rings is 1. The molecule has 1 fully saturated rings. The van der Waals surface area contributed by atoms with Crippen molar-refractivity contribution in [2.24, 2.45) is 5.92 Å². The molecule has 1 rings (SSSR count). The Bertz CT molecular complexity index is 258. The van der Waals surface area contributed by atoms with Crippen molar-refractivity contribution in [2.45, 2.75) is 46.7 Å². The van der Waals surface area contributed by atoms with Crippen molar-refractivity contribution in [3.05, 3.63) is 0 Å². The molecule has 1 aliphatic heterocycles. The zero-order valence-electron chi connectivity index (χ0n) is 12.6. The third-order valence-corrected chi connectivity index (χ3v) is 3.79. The van der Waals surface area contributed by atoms with E-state index in [1.165, 1.54) is 0 Å². The van der Waals surface area contributed by atoms with E-state index >= 15 is 0 Å². The highest BCUT2D eigenvalue weighted by Gasteiger charge is 2.23. The van der Waals surface area contributed by atoms with Crippen molar-refractivity contribution in [1.82, 2.24) is 15.1 Å². The lowest BCUT2D eigenvalue weighted by Gasteiger charge is -2.39. The molecule has 0 aliphatic carbocycles. The van der Waals surface area contributed by atoms with Gasteiger partial charge in [0.1, 0.15) is 0 Å². The van der Waals surface area contributed by atoms with Gasteiger partial charge in [0, 0.05) is 51.7 Å². The van der Waals surface area contributed by atoms with Gasteiger partial charge in [0.05, 0.1) is 0 Å². The van der Waals surface area contributed by atoms with Crippen LogP contribution in [0.1, 0.15) is 34.6 Å². The minimum Gasteiger partial charge on any atom is -0.352 e. The van der Waals surface area contributed by atoms with Gasteiger partial charge in [0.15, 0.2) is 0 Å². The maximum atomic E-state index is 11.2. The molecule has 1 heterocycles. The van der Waals surface area contributed by atoms with Crippen LogP contribution in [0, 0.1) is 5.92 Å². The average Bonchev–Trinajstić information content (AvgIpc) is 2.28. The van der Waals surface area contributed by atoms with Crippen molar-refractivity contribution in [3.8, 4) is 0 Å². The summed E-state index contributed by atoms with van der Waals surface area (Å²) < 4.78 is 0. The highest BCUT2D eigenvalue weighted by Crippen LogP contribution is 2.09. The summed E-state index contributed by atoms with van der Waals surface area (Å²) in [6.45, 7) is 15.9. The smallest absolute Gasteiger partial charge is 0.217 e. The highest BCUT2D eigenvalue weighted by atomic mass is 16.1. The van der Waals surface area contributed by atoms with Gasteiger partial charge in [-0.1, -0.05) is 13.8 Å². The van der Waals surface area contributed by atoms with Gasteiger partial charge in [0.2, 0.25) is 5.91 Å². The standard InChI is InChI=1S/C14H29N3O/c1-11(2)14(15-13(5)18)10-16-6-8-17(9-7-16)12(3)4/h11-12,14H,6-10H2,1-5H3,(H,15,18). The van der Waals surface area contributed by atoms with Gasteiger partial charge in [-0.05, 0) is 19.8 Å². The van der Waals surface area contributed by atoms with Crippen molar-refractivity contribution >= 4 is 5.91 Å². The monoisotopic (exact) mass is 255 g/mol. The number of carbonyl (C=O) groups excluding carboxylic acids is 1. The summed E-state index contributed by atoms with van der Waals surface area (Å²) in [6, 6.07) is 0.913. The van der Waals surface area contributed by atoms with Crippen molar-refractivity contribution in [2.75, 3.05) is 32.7 Å². The van der Waals surface area contributed by atoms with Gasteiger partial charge in [-0.2, -0.15) is 0 Å². The van der Waals surface area contributed by atoms with E-state index in [1.807, 2.05) is 0 Å². The lowest BCUT2D eigenvalue weighted by atomic mass is 10.0. The maximum Gasteiger partial charge on any atom is 0.217 e. The molecule has 106 valence electrons. The van der Waals surface area contributed by atoms with Gasteiger partial charge in [-0.25, -0.2) is 0 Å². The van der Waals surface area contributed by atoms with Crippen LogP contribution in [0.5, 0.6) is 0 Å². The largest absolute Gasteiger partial charge is 0.352 e. The summed E-state index contributed by atoms with van der Waals surface area (Å²) in [6.07, 6.45) is 0. The van der Waals surface area contributed by atoms with Crippen LogP contribution < -0.4 is 5.32 Å². The molecular formula is C14H29N3O. The molecule has 1 saturated heterocycles. The van der Waals surface area contributed by atoms with Gasteiger partial charge in [0.25, 0.3) is 0 Å². The van der Waals surface area contributed by atoms with Gasteiger partial charge < -0.3 is 5.32 Å². The molecule has 4 heteroatoms. The van der Waals surface area contributed by atoms with E-state index in [2.05, 4.69) is 42.8 Å². The van der Waals surface area contributed by atoms with Crippen molar-refractivity contribution in [1.29, 1.82) is 0 Å². The number of nitrogens with one attached hydrogen (secondary N) is 1. The first-order chi connectivity index (χ1) is 8.40. The molecule has 0 bridgehead atoms. The molecule has 18 heavy (non-hydrogen) atoms. The zero-order chi connectivity index (χ0) is 13.7. The maximum absolute atomic E-state index is 11.2. The molecular weight excluding hydrogens is 226 g/mol. The molecule has 0 aromatic carbocycles. The molecule has 0 radical (unpaired) electrons. The second-order valence-corrected chi connectivity index (χ2v) is 5.98. The molecule has 1 aliphatic rings. The van der Waals surface area contributed by atoms with Gasteiger partial charge >= 0.3 is 0 Å². The predicted molar refractivity (Wildman–Crippen MR) is 75.6 cm³/mol. The van der Waals surface area contributed by atoms with Crippen molar-refractivity contribution < 1.29 is 4.79 Å². The Balaban J connectivity index is 2.40. The number of amides is 1. The SMILES string of the molecule is CC(=O)NC(CN1CCN(C(C)C)CC1)C(C)C. The number of nitrogens with zero attached hydrogens (tertiary/aromatic N) is 2. The fraction of sp³-hybridized carbons (Fsp3) is 0.929. The Morgan fingerprint density at radius 2 is 1.67 bits per heavy atom. The Morgan fingerprint density at radius 3 is 2.06 bits per heavy atom. The average molecular weight is 255 g/mol. The van der Waals surface area contributed by atoms with Crippen LogP contribution in [0.15, 0.2) is 0 Å². The Labute approximate surface area is 112 Å². The molecule has 1 N–H and O–H groups in total. The summed E-state index contributed by atoms with van der Waals surface area (Å²) in [5.41, 5.74) is 0. The van der Waals surface area contributed by atoms with Crippen molar-refractivity contribution in [3.63, 3.8) is 0 Å². The molecule has 0 spiro atoms. The predicted octanol–water partition coefficient (Wildman–Crippen LogP) is 1.17. The third-order valence-electron chi connectivity index (χ3n) is 3.79. The molecule has 4 nitrogen and oxygen atoms in total. The van der Waals surface area contributed by atoms with Crippen LogP contribution in [0.4, 0.5) is 0 Å². The first-order valence-corrected chi connectivity index (χ1v) is 7.13. The topological polar surface area (TPSA) is 35.6 Å². The molecule has 0 aromatic heterocycles. The minimum absolute atomic E-state index is 0.0783. The number of hydrogen-bond acceptors (Lipinski definition) is 3. The minimum atomic E-state index is 0.0783. The Kier molecular flexibility index (Phi) is 6.09. The summed E-state index contributed by atoms with van der Waals surface area (Å²) in [5.74, 6) is 0.562. The highest BCUT2D eigenvalue weighted by molar-refractivity contribution is 5.73. The fourth-order valence-electron chi connectivity index (χ4n) is 2.42. The molecule has 0 saturated carbocycles. The van der Waals surface area contributed by atoms with E-state index in [9.17, 15) is 4.79 Å². The van der Waals surface area contributed by atoms with Crippen LogP contribution in [0.3, 0.4) is 0 Å². The lowest BCUT2D eigenvalue weighted by Crippen LogP contribution is -2.53.